The first-order valence-electron chi connectivity index (χ1n) is 8.18. The topological polar surface area (TPSA) is 75.3 Å². The predicted molar refractivity (Wildman–Crippen MR) is 89.3 cm³/mol. The van der Waals surface area contributed by atoms with Gasteiger partial charge in [-0.15, -0.1) is 0 Å². The molecule has 1 saturated heterocycles. The van der Waals surface area contributed by atoms with Crippen molar-refractivity contribution in [2.24, 2.45) is 0 Å². The Bertz CT molecular complexity index is 876. The molecule has 0 bridgehead atoms. The van der Waals surface area contributed by atoms with Gasteiger partial charge < -0.3 is 9.63 Å². The second-order valence-electron chi connectivity index (χ2n) is 6.45. The standard InChI is InChI=1S/C18H20N4O2/c1-11-7-13(15-5-3-4-6-16(15)19-11)9-22-10-14(23)8-17(22)18-20-12(2)21-24-18/h3-7,14,17,23H,8-10H2,1-2H3/t14-,17+/m0/s1. The molecule has 0 aliphatic carbocycles. The van der Waals surface area contributed by atoms with Crippen LogP contribution < -0.4 is 0 Å². The van der Waals surface area contributed by atoms with Gasteiger partial charge in [-0.2, -0.15) is 4.98 Å². The average Bonchev–Trinajstić information content (AvgIpc) is 3.13. The zero-order chi connectivity index (χ0) is 16.7. The van der Waals surface area contributed by atoms with E-state index in [2.05, 4.69) is 32.2 Å². The highest BCUT2D eigenvalue weighted by Gasteiger charge is 2.35. The molecule has 0 unspecified atom stereocenters. The lowest BCUT2D eigenvalue weighted by Crippen LogP contribution is -2.24. The van der Waals surface area contributed by atoms with Crippen molar-refractivity contribution < 1.29 is 9.63 Å². The Morgan fingerprint density at radius 1 is 1.25 bits per heavy atom. The maximum atomic E-state index is 10.1. The van der Waals surface area contributed by atoms with Crippen LogP contribution in [0.1, 0.15) is 35.4 Å². The Morgan fingerprint density at radius 3 is 2.88 bits per heavy atom. The summed E-state index contributed by atoms with van der Waals surface area (Å²) in [5, 5.41) is 15.2. The summed E-state index contributed by atoms with van der Waals surface area (Å²) in [6.45, 7) is 5.13. The van der Waals surface area contributed by atoms with E-state index in [0.717, 1.165) is 16.6 Å². The SMILES string of the molecule is Cc1cc(CN2C[C@@H](O)C[C@@H]2c2nc(C)no2)c2ccccc2n1. The number of hydrogen-bond acceptors (Lipinski definition) is 6. The van der Waals surface area contributed by atoms with Crippen molar-refractivity contribution in [3.8, 4) is 0 Å². The molecule has 1 aromatic carbocycles. The van der Waals surface area contributed by atoms with E-state index in [4.69, 9.17) is 4.52 Å². The monoisotopic (exact) mass is 324 g/mol. The minimum atomic E-state index is -0.378. The van der Waals surface area contributed by atoms with Crippen LogP contribution >= 0.6 is 0 Å². The first-order valence-corrected chi connectivity index (χ1v) is 8.18. The fourth-order valence-corrected chi connectivity index (χ4v) is 3.50. The summed E-state index contributed by atoms with van der Waals surface area (Å²) in [6, 6.07) is 10.2. The van der Waals surface area contributed by atoms with Crippen LogP contribution in [-0.4, -0.2) is 37.8 Å². The third kappa shape index (κ3) is 2.79. The van der Waals surface area contributed by atoms with E-state index < -0.39 is 0 Å². The van der Waals surface area contributed by atoms with Crippen LogP contribution in [0.3, 0.4) is 0 Å². The second kappa shape index (κ2) is 5.96. The number of hydrogen-bond donors (Lipinski definition) is 1. The molecule has 3 heterocycles. The number of β-amino-alcohol motifs (C(OH)–C–C–N with tert-alkyl or cyclic N) is 1. The van der Waals surface area contributed by atoms with E-state index in [-0.39, 0.29) is 12.1 Å². The van der Waals surface area contributed by atoms with Gasteiger partial charge in [-0.3, -0.25) is 9.88 Å². The minimum Gasteiger partial charge on any atom is -0.392 e. The summed E-state index contributed by atoms with van der Waals surface area (Å²) in [5.41, 5.74) is 3.19. The number of aliphatic hydroxyl groups is 1. The number of aryl methyl sites for hydroxylation is 2. The van der Waals surface area contributed by atoms with Crippen molar-refractivity contribution in [2.75, 3.05) is 6.54 Å². The van der Waals surface area contributed by atoms with Gasteiger partial charge in [0.05, 0.1) is 17.7 Å². The molecule has 2 aromatic heterocycles. The molecule has 4 rings (SSSR count). The van der Waals surface area contributed by atoms with E-state index in [0.29, 0.717) is 31.2 Å². The van der Waals surface area contributed by atoms with Crippen molar-refractivity contribution in [2.45, 2.75) is 39.0 Å². The molecule has 3 aromatic rings. The Labute approximate surface area is 140 Å². The van der Waals surface area contributed by atoms with Gasteiger partial charge in [0, 0.05) is 24.2 Å². The van der Waals surface area contributed by atoms with Crippen LogP contribution in [0, 0.1) is 13.8 Å². The van der Waals surface area contributed by atoms with Crippen LogP contribution in [-0.2, 0) is 6.54 Å². The molecule has 0 spiro atoms. The lowest BCUT2D eigenvalue weighted by molar-refractivity contribution is 0.169. The number of rotatable bonds is 3. The second-order valence-corrected chi connectivity index (χ2v) is 6.45. The van der Waals surface area contributed by atoms with Gasteiger partial charge in [0.1, 0.15) is 0 Å². The van der Waals surface area contributed by atoms with Gasteiger partial charge in [-0.05, 0) is 38.0 Å². The van der Waals surface area contributed by atoms with Crippen molar-refractivity contribution >= 4 is 10.9 Å². The molecule has 1 N–H and O–H groups in total. The van der Waals surface area contributed by atoms with Crippen molar-refractivity contribution in [3.05, 3.63) is 53.3 Å². The van der Waals surface area contributed by atoms with Crippen LogP contribution in [0.2, 0.25) is 0 Å². The van der Waals surface area contributed by atoms with E-state index in [1.54, 1.807) is 0 Å². The van der Waals surface area contributed by atoms with Crippen LogP contribution in [0.5, 0.6) is 0 Å². The number of nitrogens with zero attached hydrogens (tertiary/aromatic N) is 4. The quantitative estimate of drug-likeness (QED) is 0.798. The van der Waals surface area contributed by atoms with E-state index in [1.165, 1.54) is 5.56 Å². The molecule has 1 aliphatic rings. The number of aliphatic hydroxyl groups excluding tert-OH is 1. The molecule has 6 heteroatoms. The maximum absolute atomic E-state index is 10.1. The van der Waals surface area contributed by atoms with Gasteiger partial charge in [-0.25, -0.2) is 0 Å². The summed E-state index contributed by atoms with van der Waals surface area (Å²) >= 11 is 0. The molecule has 0 saturated carbocycles. The normalized spacial score (nSPS) is 21.6. The zero-order valence-electron chi connectivity index (χ0n) is 13.8. The molecule has 1 aliphatic heterocycles. The van der Waals surface area contributed by atoms with E-state index in [1.807, 2.05) is 32.0 Å². The molecular formula is C18H20N4O2. The lowest BCUT2D eigenvalue weighted by Gasteiger charge is -2.22. The van der Waals surface area contributed by atoms with Gasteiger partial charge in [-0.1, -0.05) is 23.4 Å². The summed E-state index contributed by atoms with van der Waals surface area (Å²) in [6.07, 6.45) is 0.236. The van der Waals surface area contributed by atoms with Crippen LogP contribution in [0.15, 0.2) is 34.9 Å². The third-order valence-electron chi connectivity index (χ3n) is 4.51. The van der Waals surface area contributed by atoms with Crippen molar-refractivity contribution in [1.29, 1.82) is 0 Å². The first kappa shape index (κ1) is 15.2. The summed E-state index contributed by atoms with van der Waals surface area (Å²) in [5.74, 6) is 1.20. The summed E-state index contributed by atoms with van der Waals surface area (Å²) in [7, 11) is 0. The number of benzene rings is 1. The van der Waals surface area contributed by atoms with Gasteiger partial charge >= 0.3 is 0 Å². The molecule has 24 heavy (non-hydrogen) atoms. The Morgan fingerprint density at radius 2 is 2.08 bits per heavy atom. The van der Waals surface area contributed by atoms with E-state index in [9.17, 15) is 5.11 Å². The fraction of sp³-hybridized carbons (Fsp3) is 0.389. The summed E-state index contributed by atoms with van der Waals surface area (Å²) < 4.78 is 5.35. The van der Waals surface area contributed by atoms with Crippen molar-refractivity contribution in [1.82, 2.24) is 20.0 Å². The minimum absolute atomic E-state index is 0.0477. The maximum Gasteiger partial charge on any atom is 0.244 e. The smallest absolute Gasteiger partial charge is 0.244 e. The predicted octanol–water partition coefficient (Wildman–Crippen LogP) is 2.54. The number of para-hydroxylation sites is 1. The number of aromatic nitrogens is 3. The van der Waals surface area contributed by atoms with Crippen molar-refractivity contribution in [3.63, 3.8) is 0 Å². The van der Waals surface area contributed by atoms with E-state index >= 15 is 0 Å². The highest BCUT2D eigenvalue weighted by atomic mass is 16.5. The third-order valence-corrected chi connectivity index (χ3v) is 4.51. The lowest BCUT2D eigenvalue weighted by atomic mass is 10.1. The molecule has 2 atom stereocenters. The number of likely N-dealkylation sites (tertiary alicyclic amines) is 1. The highest BCUT2D eigenvalue weighted by molar-refractivity contribution is 5.82. The molecular weight excluding hydrogens is 304 g/mol. The molecule has 0 radical (unpaired) electrons. The van der Waals surface area contributed by atoms with Gasteiger partial charge in [0.25, 0.3) is 0 Å². The van der Waals surface area contributed by atoms with Gasteiger partial charge in [0.15, 0.2) is 5.82 Å². The highest BCUT2D eigenvalue weighted by Crippen LogP contribution is 2.33. The Kier molecular flexibility index (Phi) is 3.78. The zero-order valence-corrected chi connectivity index (χ0v) is 13.8. The molecule has 1 fully saturated rings. The van der Waals surface area contributed by atoms with Gasteiger partial charge in [0.2, 0.25) is 5.89 Å². The number of fused-ring (bicyclic) bond motifs is 1. The van der Waals surface area contributed by atoms with Crippen LogP contribution in [0.25, 0.3) is 10.9 Å². The average molecular weight is 324 g/mol. The fourth-order valence-electron chi connectivity index (χ4n) is 3.50. The Balaban J connectivity index is 1.69. The largest absolute Gasteiger partial charge is 0.392 e. The summed E-state index contributed by atoms with van der Waals surface area (Å²) in [4.78, 5) is 11.2. The number of pyridine rings is 1. The first-order chi connectivity index (χ1) is 11.6. The van der Waals surface area contributed by atoms with Crippen LogP contribution in [0.4, 0.5) is 0 Å². The molecule has 6 nitrogen and oxygen atoms in total. The molecule has 0 amide bonds. The Hall–Kier alpha value is -2.31. The molecule has 124 valence electrons.